The molecule has 2 aromatic carbocycles. The van der Waals surface area contributed by atoms with Crippen LogP contribution in [0.15, 0.2) is 48.5 Å². The second-order valence-electron chi connectivity index (χ2n) is 6.41. The second-order valence-corrected chi connectivity index (χ2v) is 6.41. The van der Waals surface area contributed by atoms with Gasteiger partial charge >= 0.3 is 18.4 Å². The van der Waals surface area contributed by atoms with Crippen LogP contribution in [0.1, 0.15) is 17.0 Å². The van der Waals surface area contributed by atoms with Gasteiger partial charge in [0.2, 0.25) is 0 Å². The van der Waals surface area contributed by atoms with E-state index in [0.717, 1.165) is 22.3 Å². The van der Waals surface area contributed by atoms with Crippen molar-refractivity contribution in [2.45, 2.75) is 12.3 Å². The van der Waals surface area contributed by atoms with Gasteiger partial charge in [-0.05, 0) is 22.3 Å². The molecule has 0 spiro atoms. The maximum atomic E-state index is 12.3. The van der Waals surface area contributed by atoms with Crippen molar-refractivity contribution in [2.24, 2.45) is 0 Å². The van der Waals surface area contributed by atoms with Crippen LogP contribution in [0.25, 0.3) is 11.1 Å². The predicted molar refractivity (Wildman–Crippen MR) is 96.3 cm³/mol. The number of fused-ring (bicyclic) bond motifs is 3. The fourth-order valence-electron chi connectivity index (χ4n) is 3.36. The maximum absolute atomic E-state index is 12.3. The first-order valence-electron chi connectivity index (χ1n) is 8.78. The van der Waals surface area contributed by atoms with E-state index in [9.17, 15) is 22.8 Å². The van der Waals surface area contributed by atoms with Gasteiger partial charge in [0, 0.05) is 12.5 Å². The van der Waals surface area contributed by atoms with Crippen molar-refractivity contribution in [3.8, 4) is 11.1 Å². The molecule has 0 heterocycles. The lowest BCUT2D eigenvalue weighted by Crippen LogP contribution is -2.39. The van der Waals surface area contributed by atoms with E-state index in [1.165, 1.54) is 0 Å². The Morgan fingerprint density at radius 3 is 2.07 bits per heavy atom. The number of ether oxygens (including phenoxy) is 2. The number of rotatable bonds is 7. The molecule has 2 aromatic rings. The third-order valence-electron chi connectivity index (χ3n) is 4.55. The second kappa shape index (κ2) is 8.52. The van der Waals surface area contributed by atoms with E-state index in [1.54, 1.807) is 0 Å². The summed E-state index contributed by atoms with van der Waals surface area (Å²) in [6, 6.07) is 15.3. The highest BCUT2D eigenvalue weighted by atomic mass is 19.4. The minimum absolute atomic E-state index is 0.0664. The molecule has 1 N–H and O–H groups in total. The zero-order valence-electron chi connectivity index (χ0n) is 15.2. The molecule has 0 radical (unpaired) electrons. The summed E-state index contributed by atoms with van der Waals surface area (Å²) in [6.07, 6.45) is -5.88. The summed E-state index contributed by atoms with van der Waals surface area (Å²) in [4.78, 5) is 23.9. The first-order valence-corrected chi connectivity index (χ1v) is 8.78. The summed E-state index contributed by atoms with van der Waals surface area (Å²) < 4.78 is 45.3. The molecule has 0 atom stereocenters. The highest BCUT2D eigenvalue weighted by Crippen LogP contribution is 2.44. The van der Waals surface area contributed by atoms with E-state index in [-0.39, 0.29) is 12.5 Å². The van der Waals surface area contributed by atoms with Gasteiger partial charge in [0.1, 0.15) is 13.2 Å². The molecule has 6 nitrogen and oxygen atoms in total. The lowest BCUT2D eigenvalue weighted by molar-refractivity contribution is -0.324. The van der Waals surface area contributed by atoms with Gasteiger partial charge in [0.05, 0.1) is 6.61 Å². The van der Waals surface area contributed by atoms with E-state index >= 15 is 0 Å². The fourth-order valence-corrected chi connectivity index (χ4v) is 3.36. The monoisotopic (exact) mass is 409 g/mol. The first-order chi connectivity index (χ1) is 13.8. The van der Waals surface area contributed by atoms with Crippen LogP contribution in [0.2, 0.25) is 0 Å². The quantitative estimate of drug-likeness (QED) is 0.752. The van der Waals surface area contributed by atoms with Gasteiger partial charge in [0.15, 0.2) is 0 Å². The number of halogens is 3. The van der Waals surface area contributed by atoms with Crippen LogP contribution >= 0.6 is 0 Å². The van der Waals surface area contributed by atoms with Gasteiger partial charge in [-0.25, -0.2) is 4.79 Å². The number of nitrogens with zero attached hydrogens (tertiary/aromatic N) is 1. The Hall–Kier alpha value is -3.07. The normalized spacial score (nSPS) is 12.9. The number of carboxylic acids is 1. The molecule has 154 valence electrons. The predicted octanol–water partition coefficient (Wildman–Crippen LogP) is 3.86. The van der Waals surface area contributed by atoms with Gasteiger partial charge in [-0.2, -0.15) is 0 Å². The van der Waals surface area contributed by atoms with Crippen LogP contribution in [0.4, 0.5) is 18.0 Å². The Bertz CT molecular complexity index is 854. The summed E-state index contributed by atoms with van der Waals surface area (Å²) in [5.41, 5.74) is 3.97. The zero-order chi connectivity index (χ0) is 21.0. The molecular formula is C20H18F3NO5. The minimum atomic E-state index is -4.87. The molecule has 1 aliphatic carbocycles. The van der Waals surface area contributed by atoms with Crippen LogP contribution < -0.4 is 0 Å². The molecule has 0 aromatic heterocycles. The van der Waals surface area contributed by atoms with Crippen molar-refractivity contribution in [3.63, 3.8) is 0 Å². The number of carbonyl (C=O) groups is 2. The number of amides is 1. The van der Waals surface area contributed by atoms with Gasteiger partial charge in [-0.1, -0.05) is 48.5 Å². The number of aliphatic carboxylic acids is 1. The lowest BCUT2D eigenvalue weighted by atomic mass is 9.98. The molecule has 0 unspecified atom stereocenters. The Balaban J connectivity index is 1.68. The molecule has 9 heteroatoms. The molecule has 1 amide bonds. The summed E-state index contributed by atoms with van der Waals surface area (Å²) >= 11 is 0. The third kappa shape index (κ3) is 5.05. The van der Waals surface area contributed by atoms with Gasteiger partial charge in [-0.15, -0.1) is 13.2 Å². The minimum Gasteiger partial charge on any atom is -0.480 e. The molecule has 0 bridgehead atoms. The van der Waals surface area contributed by atoms with E-state index in [4.69, 9.17) is 9.84 Å². The smallest absolute Gasteiger partial charge is 0.480 e. The Morgan fingerprint density at radius 2 is 1.55 bits per heavy atom. The Morgan fingerprint density at radius 1 is 1.00 bits per heavy atom. The van der Waals surface area contributed by atoms with Crippen LogP contribution in [0.5, 0.6) is 0 Å². The average molecular weight is 409 g/mol. The van der Waals surface area contributed by atoms with E-state index in [2.05, 4.69) is 4.74 Å². The Labute approximate surface area is 164 Å². The number of hydrogen-bond acceptors (Lipinski definition) is 4. The standard InChI is InChI=1S/C20H18F3NO5/c21-20(22,23)29-10-9-24(11-18(25)26)19(27)28-12-17-15-7-3-1-5-13(15)14-6-2-4-8-16(14)17/h1-8,17H,9-12H2,(H,25,26). The molecule has 3 rings (SSSR count). The van der Waals surface area contributed by atoms with Crippen molar-refractivity contribution < 1.29 is 37.3 Å². The van der Waals surface area contributed by atoms with Crippen molar-refractivity contribution in [1.29, 1.82) is 0 Å². The number of alkyl halides is 3. The van der Waals surface area contributed by atoms with Crippen molar-refractivity contribution in [1.82, 2.24) is 4.90 Å². The number of carboxylic acid groups (broad SMARTS) is 1. The van der Waals surface area contributed by atoms with Crippen molar-refractivity contribution >= 4 is 12.1 Å². The first kappa shape index (κ1) is 20.7. The lowest BCUT2D eigenvalue weighted by Gasteiger charge is -2.22. The molecule has 0 saturated carbocycles. The molecule has 0 saturated heterocycles. The van der Waals surface area contributed by atoms with Crippen molar-refractivity contribution in [3.05, 3.63) is 59.7 Å². The summed E-state index contributed by atoms with van der Waals surface area (Å²) in [5.74, 6) is -1.62. The van der Waals surface area contributed by atoms with Crippen LogP contribution in [-0.4, -0.2) is 54.7 Å². The van der Waals surface area contributed by atoms with Gasteiger partial charge in [-0.3, -0.25) is 14.4 Å². The fraction of sp³-hybridized carbons (Fsp3) is 0.300. The highest BCUT2D eigenvalue weighted by molar-refractivity contribution is 5.79. The van der Waals surface area contributed by atoms with E-state index in [1.807, 2.05) is 48.5 Å². The van der Waals surface area contributed by atoms with Crippen molar-refractivity contribution in [2.75, 3.05) is 26.3 Å². The van der Waals surface area contributed by atoms with Crippen LogP contribution in [0.3, 0.4) is 0 Å². The van der Waals surface area contributed by atoms with Gasteiger partial charge in [0.25, 0.3) is 0 Å². The zero-order valence-corrected chi connectivity index (χ0v) is 15.2. The topological polar surface area (TPSA) is 76.1 Å². The SMILES string of the molecule is O=C(O)CN(CCOC(F)(F)F)C(=O)OCC1c2ccccc2-c2ccccc21. The van der Waals surface area contributed by atoms with Crippen LogP contribution in [0, 0.1) is 0 Å². The summed E-state index contributed by atoms with van der Waals surface area (Å²) in [6.45, 7) is -2.32. The van der Waals surface area contributed by atoms with E-state index in [0.29, 0.717) is 4.90 Å². The number of hydrogen-bond donors (Lipinski definition) is 1. The molecule has 0 fully saturated rings. The largest absolute Gasteiger partial charge is 0.522 e. The highest BCUT2D eigenvalue weighted by Gasteiger charge is 2.31. The molecular weight excluding hydrogens is 391 g/mol. The molecule has 0 aliphatic heterocycles. The molecule has 29 heavy (non-hydrogen) atoms. The molecule has 1 aliphatic rings. The summed E-state index contributed by atoms with van der Waals surface area (Å²) in [7, 11) is 0. The average Bonchev–Trinajstić information content (AvgIpc) is 2.98. The van der Waals surface area contributed by atoms with E-state index < -0.39 is 38.1 Å². The van der Waals surface area contributed by atoms with Crippen LogP contribution in [-0.2, 0) is 14.3 Å². The number of benzene rings is 2. The maximum Gasteiger partial charge on any atom is 0.522 e. The third-order valence-corrected chi connectivity index (χ3v) is 4.55. The van der Waals surface area contributed by atoms with Gasteiger partial charge < -0.3 is 9.84 Å². The number of carbonyl (C=O) groups excluding carboxylic acids is 1. The summed E-state index contributed by atoms with van der Waals surface area (Å²) in [5, 5.41) is 8.92. The Kier molecular flexibility index (Phi) is 6.07.